The van der Waals surface area contributed by atoms with E-state index >= 15 is 0 Å². The molecule has 0 unspecified atom stereocenters. The molecule has 0 fully saturated rings. The van der Waals surface area contributed by atoms with Crippen LogP contribution in [-0.2, 0) is 5.75 Å². The van der Waals surface area contributed by atoms with Gasteiger partial charge in [-0.3, -0.25) is 4.79 Å². The highest BCUT2D eigenvalue weighted by molar-refractivity contribution is 8.00. The first kappa shape index (κ1) is 17.7. The van der Waals surface area contributed by atoms with Crippen LogP contribution >= 0.6 is 23.1 Å². The molecule has 0 spiro atoms. The minimum absolute atomic E-state index is 0.0377. The van der Waals surface area contributed by atoms with Gasteiger partial charge in [-0.2, -0.15) is 0 Å². The smallest absolute Gasteiger partial charge is 0.206 e. The summed E-state index contributed by atoms with van der Waals surface area (Å²) in [4.78, 5) is 12.1. The Bertz CT molecular complexity index is 1060. The summed E-state index contributed by atoms with van der Waals surface area (Å²) in [6.07, 6.45) is 0. The van der Waals surface area contributed by atoms with Crippen LogP contribution in [0.25, 0.3) is 10.8 Å². The van der Waals surface area contributed by atoms with Gasteiger partial charge >= 0.3 is 0 Å². The molecule has 0 aliphatic carbocycles. The fourth-order valence-corrected chi connectivity index (χ4v) is 4.53. The maximum absolute atomic E-state index is 12.1. The van der Waals surface area contributed by atoms with Gasteiger partial charge in [0.05, 0.1) is 6.54 Å². The second-order valence-electron chi connectivity index (χ2n) is 5.94. The van der Waals surface area contributed by atoms with E-state index < -0.39 is 0 Å². The van der Waals surface area contributed by atoms with Crippen molar-refractivity contribution in [3.63, 3.8) is 0 Å². The largest absolute Gasteiger partial charge is 0.353 e. The number of rotatable bonds is 7. The van der Waals surface area contributed by atoms with E-state index in [2.05, 4.69) is 58.0 Å². The Hall–Kier alpha value is -2.70. The third-order valence-corrected chi connectivity index (χ3v) is 6.20. The molecule has 0 aliphatic heterocycles. The van der Waals surface area contributed by atoms with Crippen molar-refractivity contribution in [3.8, 4) is 0 Å². The zero-order chi connectivity index (χ0) is 18.5. The van der Waals surface area contributed by atoms with Gasteiger partial charge in [0.25, 0.3) is 0 Å². The third kappa shape index (κ3) is 4.35. The lowest BCUT2D eigenvalue weighted by molar-refractivity contribution is 0.101. The average Bonchev–Trinajstić information content (AvgIpc) is 3.19. The first-order valence-electron chi connectivity index (χ1n) is 8.55. The van der Waals surface area contributed by atoms with Gasteiger partial charge in [0.1, 0.15) is 0 Å². The molecule has 4 aromatic rings. The number of anilines is 1. The Labute approximate surface area is 165 Å². The summed E-state index contributed by atoms with van der Waals surface area (Å²) in [5.41, 5.74) is 1.97. The Kier molecular flexibility index (Phi) is 5.46. The Morgan fingerprint density at radius 1 is 0.926 bits per heavy atom. The molecule has 1 aromatic heterocycles. The molecule has 1 N–H and O–H groups in total. The highest BCUT2D eigenvalue weighted by atomic mass is 32.2. The molecule has 0 radical (unpaired) electrons. The van der Waals surface area contributed by atoms with E-state index in [9.17, 15) is 4.79 Å². The number of thioether (sulfide) groups is 1. The number of nitrogens with zero attached hydrogens (tertiary/aromatic N) is 2. The van der Waals surface area contributed by atoms with Crippen molar-refractivity contribution in [3.05, 3.63) is 83.9 Å². The molecule has 134 valence electrons. The molecule has 0 bridgehead atoms. The van der Waals surface area contributed by atoms with E-state index in [4.69, 9.17) is 0 Å². The number of ketones is 1. The first-order valence-corrected chi connectivity index (χ1v) is 10.3. The third-order valence-electron chi connectivity index (χ3n) is 4.13. The van der Waals surface area contributed by atoms with Crippen LogP contribution in [0.5, 0.6) is 0 Å². The molecule has 4 nitrogen and oxygen atoms in total. The zero-order valence-corrected chi connectivity index (χ0v) is 16.1. The summed E-state index contributed by atoms with van der Waals surface area (Å²) < 4.78 is 0.887. The number of hydrogen-bond donors (Lipinski definition) is 1. The van der Waals surface area contributed by atoms with Gasteiger partial charge in [-0.25, -0.2) is 0 Å². The molecule has 27 heavy (non-hydrogen) atoms. The van der Waals surface area contributed by atoms with Gasteiger partial charge in [0.2, 0.25) is 5.13 Å². The molecule has 4 rings (SSSR count). The lowest BCUT2D eigenvalue weighted by Crippen LogP contribution is -2.13. The predicted octanol–water partition coefficient (Wildman–Crippen LogP) is 5.28. The summed E-state index contributed by atoms with van der Waals surface area (Å²) in [5.74, 6) is 0.870. The lowest BCUT2D eigenvalue weighted by atomic mass is 10.1. The number of benzene rings is 3. The molecular weight excluding hydrogens is 374 g/mol. The Morgan fingerprint density at radius 2 is 1.70 bits per heavy atom. The molecular formula is C21H17N3OS2. The van der Waals surface area contributed by atoms with Crippen LogP contribution in [0.3, 0.4) is 0 Å². The van der Waals surface area contributed by atoms with E-state index in [1.54, 1.807) is 11.8 Å². The lowest BCUT2D eigenvalue weighted by Gasteiger charge is -2.04. The summed E-state index contributed by atoms with van der Waals surface area (Å²) in [7, 11) is 0. The topological polar surface area (TPSA) is 54.9 Å². The van der Waals surface area contributed by atoms with Gasteiger partial charge in [-0.1, -0.05) is 95.9 Å². The molecule has 0 saturated carbocycles. The number of aromatic nitrogens is 2. The highest BCUT2D eigenvalue weighted by Crippen LogP contribution is 2.30. The number of fused-ring (bicyclic) bond motifs is 1. The Balaban J connectivity index is 1.36. The molecule has 3 aromatic carbocycles. The summed E-state index contributed by atoms with van der Waals surface area (Å²) >= 11 is 3.13. The van der Waals surface area contributed by atoms with Crippen LogP contribution in [0.2, 0.25) is 0 Å². The zero-order valence-electron chi connectivity index (χ0n) is 14.5. The summed E-state index contributed by atoms with van der Waals surface area (Å²) in [6, 6.07) is 24.0. The normalized spacial score (nSPS) is 10.8. The van der Waals surface area contributed by atoms with Gasteiger partial charge in [0.15, 0.2) is 10.1 Å². The van der Waals surface area contributed by atoms with Gasteiger partial charge in [-0.15, -0.1) is 10.2 Å². The molecule has 6 heteroatoms. The fraction of sp³-hybridized carbons (Fsp3) is 0.0952. The second-order valence-corrected chi connectivity index (χ2v) is 8.14. The van der Waals surface area contributed by atoms with E-state index in [1.807, 2.05) is 30.3 Å². The maximum atomic E-state index is 12.1. The van der Waals surface area contributed by atoms with Crippen LogP contribution < -0.4 is 5.32 Å². The summed E-state index contributed by atoms with van der Waals surface area (Å²) in [6.45, 7) is 0.215. The standard InChI is InChI=1S/C21H17N3OS2/c25-19(16-8-2-1-3-9-16)13-22-20-23-24-21(27-20)26-14-17-11-6-10-15-7-4-5-12-18(15)17/h1-12H,13-14H2,(H,22,23). The predicted molar refractivity (Wildman–Crippen MR) is 113 cm³/mol. The Morgan fingerprint density at radius 3 is 2.59 bits per heavy atom. The van der Waals surface area contributed by atoms with Gasteiger partial charge < -0.3 is 5.32 Å². The van der Waals surface area contributed by atoms with Crippen LogP contribution in [0.15, 0.2) is 77.1 Å². The monoisotopic (exact) mass is 391 g/mol. The molecule has 0 saturated heterocycles. The van der Waals surface area contributed by atoms with Gasteiger partial charge in [0, 0.05) is 11.3 Å². The summed E-state index contributed by atoms with van der Waals surface area (Å²) in [5, 5.41) is 14.6. The minimum atomic E-state index is 0.0377. The van der Waals surface area contributed by atoms with E-state index in [0.717, 1.165) is 10.1 Å². The van der Waals surface area contributed by atoms with Crippen molar-refractivity contribution in [2.45, 2.75) is 10.1 Å². The second kappa shape index (κ2) is 8.33. The molecule has 1 heterocycles. The van der Waals surface area contributed by atoms with Crippen LogP contribution in [-0.4, -0.2) is 22.5 Å². The van der Waals surface area contributed by atoms with Crippen molar-refractivity contribution in [1.29, 1.82) is 0 Å². The van der Waals surface area contributed by atoms with E-state index in [1.165, 1.54) is 27.7 Å². The quantitative estimate of drug-likeness (QED) is 0.343. The molecule has 0 atom stereocenters. The molecule has 0 amide bonds. The number of nitrogens with one attached hydrogen (secondary N) is 1. The van der Waals surface area contributed by atoms with Crippen molar-refractivity contribution < 1.29 is 4.79 Å². The van der Waals surface area contributed by atoms with Gasteiger partial charge in [-0.05, 0) is 16.3 Å². The average molecular weight is 392 g/mol. The number of carbonyl (C=O) groups excluding carboxylic acids is 1. The van der Waals surface area contributed by atoms with E-state index in [-0.39, 0.29) is 12.3 Å². The van der Waals surface area contributed by atoms with E-state index in [0.29, 0.717) is 10.7 Å². The molecule has 0 aliphatic rings. The number of carbonyl (C=O) groups is 1. The SMILES string of the molecule is O=C(CNc1nnc(SCc2cccc3ccccc23)s1)c1ccccc1. The van der Waals surface area contributed by atoms with Crippen LogP contribution in [0, 0.1) is 0 Å². The first-order chi connectivity index (χ1) is 13.3. The van der Waals surface area contributed by atoms with Crippen molar-refractivity contribution in [2.75, 3.05) is 11.9 Å². The van der Waals surface area contributed by atoms with Crippen molar-refractivity contribution in [1.82, 2.24) is 10.2 Å². The minimum Gasteiger partial charge on any atom is -0.353 e. The number of hydrogen-bond acceptors (Lipinski definition) is 6. The fourth-order valence-electron chi connectivity index (χ4n) is 2.78. The van der Waals surface area contributed by atoms with Crippen molar-refractivity contribution in [2.24, 2.45) is 0 Å². The number of Topliss-reactive ketones (excluding diaryl/α,β-unsaturated/α-hetero) is 1. The van der Waals surface area contributed by atoms with Crippen LogP contribution in [0.4, 0.5) is 5.13 Å². The van der Waals surface area contributed by atoms with Crippen LogP contribution in [0.1, 0.15) is 15.9 Å². The highest BCUT2D eigenvalue weighted by Gasteiger charge is 2.09. The maximum Gasteiger partial charge on any atom is 0.206 e. The van der Waals surface area contributed by atoms with Crippen molar-refractivity contribution >= 4 is 44.8 Å².